The summed E-state index contributed by atoms with van der Waals surface area (Å²) in [5, 5.41) is 16.0. The topological polar surface area (TPSA) is 48.4 Å². The van der Waals surface area contributed by atoms with Gasteiger partial charge in [-0.05, 0) is 39.7 Å². The lowest BCUT2D eigenvalue weighted by atomic mass is 10.1. The highest BCUT2D eigenvalue weighted by Gasteiger charge is 2.20. The average Bonchev–Trinajstić information content (AvgIpc) is 2.76. The van der Waals surface area contributed by atoms with Gasteiger partial charge in [0, 0.05) is 24.5 Å². The molecule has 1 aromatic rings. The molecule has 0 amide bonds. The Hall–Kier alpha value is -0.650. The second-order valence-electron chi connectivity index (χ2n) is 5.12. The van der Waals surface area contributed by atoms with Crippen LogP contribution in [0, 0.1) is 6.92 Å². The number of hydrogen-bond acceptors (Lipinski definition) is 5. The van der Waals surface area contributed by atoms with Gasteiger partial charge in [0.05, 0.1) is 11.8 Å². The molecule has 1 aromatic heterocycles. The Morgan fingerprint density at radius 3 is 2.83 bits per heavy atom. The Labute approximate surface area is 113 Å². The van der Waals surface area contributed by atoms with E-state index in [4.69, 9.17) is 0 Å². The number of aromatic nitrogens is 1. The van der Waals surface area contributed by atoms with Crippen LogP contribution in [0.5, 0.6) is 0 Å². The van der Waals surface area contributed by atoms with Crippen LogP contribution < -0.4 is 10.2 Å². The molecule has 1 fully saturated rings. The molecular formula is C13H23N3OS. The first-order valence-electron chi connectivity index (χ1n) is 6.73. The molecule has 1 atom stereocenters. The van der Waals surface area contributed by atoms with Crippen LogP contribution in [0.1, 0.15) is 31.9 Å². The van der Waals surface area contributed by atoms with E-state index in [0.717, 1.165) is 36.9 Å². The van der Waals surface area contributed by atoms with Crippen LogP contribution >= 0.6 is 11.3 Å². The lowest BCUT2D eigenvalue weighted by molar-refractivity contribution is 0.181. The summed E-state index contributed by atoms with van der Waals surface area (Å²) in [5.74, 6) is 0. The van der Waals surface area contributed by atoms with Crippen molar-refractivity contribution in [1.82, 2.24) is 10.3 Å². The van der Waals surface area contributed by atoms with Crippen LogP contribution in [-0.2, 0) is 0 Å². The largest absolute Gasteiger partial charge is 0.393 e. The summed E-state index contributed by atoms with van der Waals surface area (Å²) in [6, 6.07) is 0.598. The minimum absolute atomic E-state index is 0.198. The lowest BCUT2D eigenvalue weighted by Gasteiger charge is -2.32. The molecule has 1 aliphatic heterocycles. The zero-order valence-electron chi connectivity index (χ0n) is 11.2. The lowest BCUT2D eigenvalue weighted by Crippen LogP contribution is -2.43. The van der Waals surface area contributed by atoms with Crippen molar-refractivity contribution in [1.29, 1.82) is 0 Å². The highest BCUT2D eigenvalue weighted by Crippen LogP contribution is 2.23. The third kappa shape index (κ3) is 3.93. The molecule has 18 heavy (non-hydrogen) atoms. The van der Waals surface area contributed by atoms with E-state index < -0.39 is 0 Å². The number of nitrogens with one attached hydrogen (secondary N) is 1. The summed E-state index contributed by atoms with van der Waals surface area (Å²) < 4.78 is 0. The second-order valence-corrected chi connectivity index (χ2v) is 5.96. The Balaban J connectivity index is 1.71. The SMILES string of the molecule is Cc1csc(N2CCC(NCCC(C)O)CC2)n1. The highest BCUT2D eigenvalue weighted by atomic mass is 32.1. The number of anilines is 1. The molecule has 102 valence electrons. The van der Waals surface area contributed by atoms with Crippen molar-refractivity contribution in [2.24, 2.45) is 0 Å². The summed E-state index contributed by atoms with van der Waals surface area (Å²) >= 11 is 1.74. The average molecular weight is 269 g/mol. The first kappa shape index (κ1) is 13.8. The Bertz CT molecular complexity index is 359. The van der Waals surface area contributed by atoms with Crippen molar-refractivity contribution in [3.05, 3.63) is 11.1 Å². The number of aryl methyl sites for hydroxylation is 1. The van der Waals surface area contributed by atoms with E-state index in [1.807, 2.05) is 13.8 Å². The van der Waals surface area contributed by atoms with Crippen LogP contribution in [0.25, 0.3) is 0 Å². The van der Waals surface area contributed by atoms with E-state index in [9.17, 15) is 5.11 Å². The van der Waals surface area contributed by atoms with Crippen molar-refractivity contribution >= 4 is 16.5 Å². The van der Waals surface area contributed by atoms with E-state index >= 15 is 0 Å². The number of aliphatic hydroxyl groups is 1. The quantitative estimate of drug-likeness (QED) is 0.855. The number of hydrogen-bond donors (Lipinski definition) is 2. The van der Waals surface area contributed by atoms with E-state index in [-0.39, 0.29) is 6.10 Å². The summed E-state index contributed by atoms with van der Waals surface area (Å²) in [6.45, 7) is 6.97. The number of thiazole rings is 1. The van der Waals surface area contributed by atoms with Gasteiger partial charge in [-0.3, -0.25) is 0 Å². The van der Waals surface area contributed by atoms with Gasteiger partial charge in [0.2, 0.25) is 0 Å². The molecular weight excluding hydrogens is 246 g/mol. The fourth-order valence-corrected chi connectivity index (χ4v) is 3.12. The van der Waals surface area contributed by atoms with E-state index in [0.29, 0.717) is 6.04 Å². The van der Waals surface area contributed by atoms with Gasteiger partial charge in [-0.15, -0.1) is 11.3 Å². The normalized spacial score (nSPS) is 19.2. The van der Waals surface area contributed by atoms with Gasteiger partial charge in [-0.25, -0.2) is 4.98 Å². The molecule has 0 saturated carbocycles. The zero-order chi connectivity index (χ0) is 13.0. The summed E-state index contributed by atoms with van der Waals surface area (Å²) in [6.07, 6.45) is 2.97. The molecule has 2 rings (SSSR count). The monoisotopic (exact) mass is 269 g/mol. The molecule has 1 unspecified atom stereocenters. The molecule has 4 nitrogen and oxygen atoms in total. The van der Waals surface area contributed by atoms with Gasteiger partial charge >= 0.3 is 0 Å². The maximum atomic E-state index is 9.22. The molecule has 0 bridgehead atoms. The van der Waals surface area contributed by atoms with Crippen LogP contribution in [0.2, 0.25) is 0 Å². The fraction of sp³-hybridized carbons (Fsp3) is 0.769. The van der Waals surface area contributed by atoms with Gasteiger partial charge in [0.25, 0.3) is 0 Å². The Morgan fingerprint density at radius 1 is 1.56 bits per heavy atom. The van der Waals surface area contributed by atoms with Gasteiger partial charge in [-0.2, -0.15) is 0 Å². The minimum atomic E-state index is -0.198. The van der Waals surface area contributed by atoms with Crippen molar-refractivity contribution in [2.45, 2.75) is 45.3 Å². The molecule has 1 aliphatic rings. The van der Waals surface area contributed by atoms with Gasteiger partial charge < -0.3 is 15.3 Å². The Kier molecular flexibility index (Phi) is 4.97. The molecule has 0 aromatic carbocycles. The first-order chi connectivity index (χ1) is 8.65. The smallest absolute Gasteiger partial charge is 0.185 e. The molecule has 0 radical (unpaired) electrons. The highest BCUT2D eigenvalue weighted by molar-refractivity contribution is 7.13. The summed E-state index contributed by atoms with van der Waals surface area (Å²) in [7, 11) is 0. The summed E-state index contributed by atoms with van der Waals surface area (Å²) in [5.41, 5.74) is 1.12. The van der Waals surface area contributed by atoms with Crippen molar-refractivity contribution < 1.29 is 5.11 Å². The number of aliphatic hydroxyl groups excluding tert-OH is 1. The fourth-order valence-electron chi connectivity index (χ4n) is 2.26. The number of rotatable bonds is 5. The molecule has 0 spiro atoms. The maximum Gasteiger partial charge on any atom is 0.185 e. The van der Waals surface area contributed by atoms with Gasteiger partial charge in [-0.1, -0.05) is 0 Å². The molecule has 0 aliphatic carbocycles. The van der Waals surface area contributed by atoms with Crippen LogP contribution in [-0.4, -0.2) is 41.9 Å². The van der Waals surface area contributed by atoms with Gasteiger partial charge in [0.1, 0.15) is 0 Å². The first-order valence-corrected chi connectivity index (χ1v) is 7.61. The zero-order valence-corrected chi connectivity index (χ0v) is 12.0. The number of nitrogens with zero attached hydrogens (tertiary/aromatic N) is 2. The minimum Gasteiger partial charge on any atom is -0.393 e. The second kappa shape index (κ2) is 6.50. The van der Waals surface area contributed by atoms with Gasteiger partial charge in [0.15, 0.2) is 5.13 Å². The molecule has 1 saturated heterocycles. The van der Waals surface area contributed by atoms with E-state index in [1.165, 1.54) is 12.8 Å². The van der Waals surface area contributed by atoms with Crippen LogP contribution in [0.3, 0.4) is 0 Å². The van der Waals surface area contributed by atoms with Crippen molar-refractivity contribution in [3.8, 4) is 0 Å². The third-order valence-corrected chi connectivity index (χ3v) is 4.39. The predicted octanol–water partition coefficient (Wildman–Crippen LogP) is 1.78. The van der Waals surface area contributed by atoms with Crippen molar-refractivity contribution in [2.75, 3.05) is 24.5 Å². The maximum absolute atomic E-state index is 9.22. The van der Waals surface area contributed by atoms with Crippen molar-refractivity contribution in [3.63, 3.8) is 0 Å². The predicted molar refractivity (Wildman–Crippen MR) is 76.4 cm³/mol. The summed E-state index contributed by atoms with van der Waals surface area (Å²) in [4.78, 5) is 6.92. The van der Waals surface area contributed by atoms with Crippen LogP contribution in [0.4, 0.5) is 5.13 Å². The Morgan fingerprint density at radius 2 is 2.28 bits per heavy atom. The molecule has 2 N–H and O–H groups in total. The third-order valence-electron chi connectivity index (χ3n) is 3.37. The van der Waals surface area contributed by atoms with E-state index in [2.05, 4.69) is 20.6 Å². The van der Waals surface area contributed by atoms with E-state index in [1.54, 1.807) is 11.3 Å². The standard InChI is InChI=1S/C13H23N3OS/c1-10-9-18-13(15-10)16-7-4-12(5-8-16)14-6-3-11(2)17/h9,11-12,14,17H,3-8H2,1-2H3. The number of piperidine rings is 1. The van der Waals surface area contributed by atoms with Crippen LogP contribution in [0.15, 0.2) is 5.38 Å². The molecule has 5 heteroatoms. The molecule has 2 heterocycles.